The molecule has 0 saturated carbocycles. The number of amides is 1. The molecule has 1 aromatic carbocycles. The molecule has 11 heteroatoms. The van der Waals surface area contributed by atoms with Crippen molar-refractivity contribution in [1.29, 1.82) is 0 Å². The van der Waals surface area contributed by atoms with Crippen molar-refractivity contribution < 1.29 is 17.9 Å². The van der Waals surface area contributed by atoms with E-state index in [-0.39, 0.29) is 22.9 Å². The molecule has 5 N–H and O–H groups in total. The minimum absolute atomic E-state index is 0.0881. The van der Waals surface area contributed by atoms with Gasteiger partial charge in [-0.05, 0) is 57.7 Å². The van der Waals surface area contributed by atoms with E-state index in [0.29, 0.717) is 31.9 Å². The number of ether oxygens (including phenoxy) is 1. The van der Waals surface area contributed by atoms with Crippen molar-refractivity contribution in [2.75, 3.05) is 30.7 Å². The quantitative estimate of drug-likeness (QED) is 0.574. The third-order valence-corrected chi connectivity index (χ3v) is 6.23. The maximum atomic E-state index is 12.3. The maximum absolute atomic E-state index is 12.3. The average Bonchev–Trinajstić information content (AvgIpc) is 2.72. The van der Waals surface area contributed by atoms with E-state index in [4.69, 9.17) is 15.6 Å². The summed E-state index contributed by atoms with van der Waals surface area (Å²) in [6, 6.07) is 8.36. The topological polar surface area (TPSA) is 154 Å². The molecular formula is C22H32N6O4S. The summed E-state index contributed by atoms with van der Waals surface area (Å²) < 4.78 is 28.2. The Morgan fingerprint density at radius 2 is 1.82 bits per heavy atom. The van der Waals surface area contributed by atoms with Crippen LogP contribution in [0.4, 0.5) is 16.6 Å². The Morgan fingerprint density at radius 3 is 2.39 bits per heavy atom. The summed E-state index contributed by atoms with van der Waals surface area (Å²) in [5.74, 6) is 1.01. The first-order valence-corrected chi connectivity index (χ1v) is 12.4. The number of carbonyl (C=O) groups is 1. The van der Waals surface area contributed by atoms with Crippen molar-refractivity contribution in [1.82, 2.24) is 14.9 Å². The van der Waals surface area contributed by atoms with Gasteiger partial charge in [0, 0.05) is 31.6 Å². The van der Waals surface area contributed by atoms with E-state index in [1.165, 1.54) is 12.1 Å². The number of hydrogen-bond acceptors (Lipinski definition) is 8. The van der Waals surface area contributed by atoms with Crippen LogP contribution in [0.25, 0.3) is 0 Å². The number of piperidine rings is 1. The van der Waals surface area contributed by atoms with E-state index in [1.54, 1.807) is 17.0 Å². The van der Waals surface area contributed by atoms with Gasteiger partial charge in [0.15, 0.2) is 0 Å². The molecule has 0 atom stereocenters. The number of likely N-dealkylation sites (tertiary alicyclic amines) is 1. The minimum atomic E-state index is -3.70. The second kappa shape index (κ2) is 9.92. The van der Waals surface area contributed by atoms with Crippen molar-refractivity contribution in [3.63, 3.8) is 0 Å². The summed E-state index contributed by atoms with van der Waals surface area (Å²) in [6.07, 6.45) is 1.91. The fourth-order valence-electron chi connectivity index (χ4n) is 3.65. The van der Waals surface area contributed by atoms with Crippen LogP contribution in [-0.4, -0.2) is 54.6 Å². The minimum Gasteiger partial charge on any atom is -0.444 e. The summed E-state index contributed by atoms with van der Waals surface area (Å²) in [5.41, 5.74) is 7.24. The number of primary sulfonamides is 1. The van der Waals surface area contributed by atoms with Gasteiger partial charge in [-0.1, -0.05) is 12.1 Å². The van der Waals surface area contributed by atoms with E-state index in [0.717, 1.165) is 24.1 Å². The zero-order chi connectivity index (χ0) is 24.2. The van der Waals surface area contributed by atoms with Crippen molar-refractivity contribution in [3.05, 3.63) is 41.6 Å². The second-order valence-electron chi connectivity index (χ2n) is 9.14. The van der Waals surface area contributed by atoms with Gasteiger partial charge in [-0.2, -0.15) is 4.98 Å². The fourth-order valence-corrected chi connectivity index (χ4v) is 4.17. The second-order valence-corrected chi connectivity index (χ2v) is 10.7. The smallest absolute Gasteiger partial charge is 0.410 e. The lowest BCUT2D eigenvalue weighted by molar-refractivity contribution is 0.0204. The monoisotopic (exact) mass is 476 g/mol. The van der Waals surface area contributed by atoms with Crippen LogP contribution < -0.4 is 16.2 Å². The van der Waals surface area contributed by atoms with Gasteiger partial charge in [0.05, 0.1) is 10.6 Å². The molecule has 0 spiro atoms. The zero-order valence-corrected chi connectivity index (χ0v) is 20.1. The zero-order valence-electron chi connectivity index (χ0n) is 19.2. The van der Waals surface area contributed by atoms with Gasteiger partial charge in [0.2, 0.25) is 16.0 Å². The highest BCUT2D eigenvalue weighted by atomic mass is 32.2. The van der Waals surface area contributed by atoms with Gasteiger partial charge in [-0.3, -0.25) is 0 Å². The highest BCUT2D eigenvalue weighted by Crippen LogP contribution is 2.29. The summed E-state index contributed by atoms with van der Waals surface area (Å²) in [7, 11) is -3.70. The van der Waals surface area contributed by atoms with E-state index >= 15 is 0 Å². The molecule has 0 bridgehead atoms. The van der Waals surface area contributed by atoms with Crippen LogP contribution in [-0.2, 0) is 21.2 Å². The van der Waals surface area contributed by atoms with Crippen LogP contribution in [0.5, 0.6) is 0 Å². The van der Waals surface area contributed by atoms with Crippen LogP contribution in [0.1, 0.15) is 50.8 Å². The lowest BCUT2D eigenvalue weighted by Crippen LogP contribution is -2.41. The maximum Gasteiger partial charge on any atom is 0.410 e. The van der Waals surface area contributed by atoms with Crippen LogP contribution in [0.2, 0.25) is 0 Å². The van der Waals surface area contributed by atoms with Gasteiger partial charge in [0.25, 0.3) is 0 Å². The van der Waals surface area contributed by atoms with Gasteiger partial charge in [-0.25, -0.2) is 23.3 Å². The number of nitrogens with zero attached hydrogens (tertiary/aromatic N) is 3. The summed E-state index contributed by atoms with van der Waals surface area (Å²) in [4.78, 5) is 22.8. The molecule has 1 aliphatic heterocycles. The van der Waals surface area contributed by atoms with Crippen LogP contribution in [0.15, 0.2) is 35.2 Å². The molecule has 0 unspecified atom stereocenters. The lowest BCUT2D eigenvalue weighted by atomic mass is 9.93. The van der Waals surface area contributed by atoms with Crippen molar-refractivity contribution in [3.8, 4) is 0 Å². The Labute approximate surface area is 194 Å². The number of nitrogens with one attached hydrogen (secondary N) is 1. The molecule has 0 aliphatic carbocycles. The van der Waals surface area contributed by atoms with Crippen molar-refractivity contribution in [2.24, 2.45) is 5.14 Å². The number of sulfonamides is 1. The first-order chi connectivity index (χ1) is 15.4. The first kappa shape index (κ1) is 24.7. The molecule has 3 rings (SSSR count). The number of carbonyl (C=O) groups excluding carboxylic acids is 1. The first-order valence-electron chi connectivity index (χ1n) is 10.9. The average molecular weight is 477 g/mol. The Bertz CT molecular complexity index is 1080. The summed E-state index contributed by atoms with van der Waals surface area (Å²) in [5, 5.41) is 8.38. The number of aromatic nitrogens is 2. The number of benzene rings is 1. The summed E-state index contributed by atoms with van der Waals surface area (Å²) in [6.45, 7) is 7.35. The normalized spacial score (nSPS) is 15.3. The predicted octanol–water partition coefficient (Wildman–Crippen LogP) is 2.48. The number of hydrogen-bond donors (Lipinski definition) is 3. The van der Waals surface area contributed by atoms with Crippen molar-refractivity contribution in [2.45, 2.75) is 56.4 Å². The SMILES string of the molecule is CC(C)(C)OC(=O)N1CCC(c2cc(NCCc3ccc(S(N)(=O)=O)cc3)nc(N)n2)CC1. The molecule has 33 heavy (non-hydrogen) atoms. The third kappa shape index (κ3) is 7.29. The molecule has 2 aromatic rings. The highest BCUT2D eigenvalue weighted by molar-refractivity contribution is 7.89. The number of nitrogen functional groups attached to an aromatic ring is 1. The van der Waals surface area contributed by atoms with Crippen LogP contribution in [0.3, 0.4) is 0 Å². The Morgan fingerprint density at radius 1 is 1.18 bits per heavy atom. The van der Waals surface area contributed by atoms with Crippen LogP contribution in [0, 0.1) is 0 Å². The van der Waals surface area contributed by atoms with Gasteiger partial charge in [0.1, 0.15) is 11.4 Å². The molecule has 2 heterocycles. The predicted molar refractivity (Wildman–Crippen MR) is 126 cm³/mol. The highest BCUT2D eigenvalue weighted by Gasteiger charge is 2.28. The standard InChI is InChI=1S/C22H32N6O4S/c1-22(2,3)32-21(29)28-12-9-16(10-13-28)18-14-19(27-20(23)26-18)25-11-8-15-4-6-17(7-5-15)33(24,30)31/h4-7,14,16H,8-13H2,1-3H3,(H2,24,30,31)(H3,23,25,26,27). The van der Waals surface area contributed by atoms with Crippen LogP contribution >= 0.6 is 0 Å². The molecule has 1 aliphatic rings. The molecule has 10 nitrogen and oxygen atoms in total. The Balaban J connectivity index is 1.55. The third-order valence-electron chi connectivity index (χ3n) is 5.30. The van der Waals surface area contributed by atoms with E-state index in [9.17, 15) is 13.2 Å². The Kier molecular flexibility index (Phi) is 7.43. The van der Waals surface area contributed by atoms with Gasteiger partial charge < -0.3 is 20.7 Å². The number of nitrogens with two attached hydrogens (primary N) is 2. The van der Waals surface area contributed by atoms with E-state index in [1.807, 2.05) is 26.8 Å². The summed E-state index contributed by atoms with van der Waals surface area (Å²) >= 11 is 0. The largest absolute Gasteiger partial charge is 0.444 e. The van der Waals surface area contributed by atoms with Gasteiger partial charge >= 0.3 is 6.09 Å². The molecule has 1 fully saturated rings. The molecule has 1 amide bonds. The molecular weight excluding hydrogens is 444 g/mol. The molecule has 1 aromatic heterocycles. The fraction of sp³-hybridized carbons (Fsp3) is 0.500. The van der Waals surface area contributed by atoms with E-state index in [2.05, 4.69) is 15.3 Å². The number of anilines is 2. The lowest BCUT2D eigenvalue weighted by Gasteiger charge is -2.33. The van der Waals surface area contributed by atoms with E-state index < -0.39 is 15.6 Å². The molecule has 1 saturated heterocycles. The number of rotatable bonds is 6. The molecule has 0 radical (unpaired) electrons. The van der Waals surface area contributed by atoms with Crippen molar-refractivity contribution >= 4 is 27.9 Å². The molecule has 180 valence electrons. The van der Waals surface area contributed by atoms with Gasteiger partial charge in [-0.15, -0.1) is 0 Å². The Hall–Kier alpha value is -2.92.